The Labute approximate surface area is 114 Å². The fourth-order valence-corrected chi connectivity index (χ4v) is 1.64. The number of nitrogens with zero attached hydrogens (tertiary/aromatic N) is 1. The highest BCUT2D eigenvalue weighted by Gasteiger charge is 2.41. The van der Waals surface area contributed by atoms with Gasteiger partial charge in [0, 0.05) is 6.54 Å². The van der Waals surface area contributed by atoms with E-state index in [2.05, 4.69) is 18.4 Å². The van der Waals surface area contributed by atoms with E-state index in [1.165, 1.54) is 4.90 Å². The largest absolute Gasteiger partial charge is 0.444 e. The van der Waals surface area contributed by atoms with E-state index < -0.39 is 17.2 Å². The van der Waals surface area contributed by atoms with Crippen molar-refractivity contribution in [1.82, 2.24) is 4.90 Å². The molecule has 0 aliphatic carbocycles. The first-order valence-corrected chi connectivity index (χ1v) is 5.94. The van der Waals surface area contributed by atoms with Crippen molar-refractivity contribution in [3.63, 3.8) is 0 Å². The summed E-state index contributed by atoms with van der Waals surface area (Å²) in [4.78, 5) is 13.6. The average molecular weight is 261 g/mol. The van der Waals surface area contributed by atoms with E-state index >= 15 is 0 Å². The minimum atomic E-state index is -1.23. The molecule has 0 radical (unpaired) electrons. The molecule has 0 bridgehead atoms. The molecule has 102 valence electrons. The summed E-state index contributed by atoms with van der Waals surface area (Å²) in [5.41, 5.74) is -1.14. The van der Waals surface area contributed by atoms with Crippen LogP contribution >= 0.6 is 0 Å². The van der Waals surface area contributed by atoms with Crippen molar-refractivity contribution in [2.45, 2.75) is 31.9 Å². The van der Waals surface area contributed by atoms with Gasteiger partial charge in [0.1, 0.15) is 5.60 Å². The highest BCUT2D eigenvalue weighted by Crippen LogP contribution is 2.23. The third kappa shape index (κ3) is 3.53. The van der Waals surface area contributed by atoms with Crippen molar-refractivity contribution in [1.29, 1.82) is 0 Å². The smallest absolute Gasteiger partial charge is 0.412 e. The number of hydrogen-bond donors (Lipinski definition) is 0. The van der Waals surface area contributed by atoms with Gasteiger partial charge in [0.05, 0.1) is 13.2 Å². The van der Waals surface area contributed by atoms with Gasteiger partial charge in [-0.25, -0.2) is 4.79 Å². The van der Waals surface area contributed by atoms with Gasteiger partial charge in [0.15, 0.2) is 5.54 Å². The van der Waals surface area contributed by atoms with Gasteiger partial charge in [-0.15, -0.1) is 12.8 Å². The lowest BCUT2D eigenvalue weighted by Gasteiger charge is -2.35. The van der Waals surface area contributed by atoms with Crippen LogP contribution in [0.25, 0.3) is 0 Å². The van der Waals surface area contributed by atoms with Crippen molar-refractivity contribution >= 4 is 6.09 Å². The molecule has 0 N–H and O–H groups in total. The number of carbonyl (C=O) groups is 1. The first-order valence-electron chi connectivity index (χ1n) is 5.94. The van der Waals surface area contributed by atoms with Crippen LogP contribution in [0.4, 0.5) is 4.79 Å². The van der Waals surface area contributed by atoms with Crippen LogP contribution in [0.5, 0.6) is 0 Å². The summed E-state index contributed by atoms with van der Waals surface area (Å²) in [5.74, 6) is 4.93. The molecule has 1 heterocycles. The van der Waals surface area contributed by atoms with Crippen LogP contribution in [-0.2, 0) is 9.47 Å². The second-order valence-corrected chi connectivity index (χ2v) is 5.46. The van der Waals surface area contributed by atoms with Crippen LogP contribution in [0.1, 0.15) is 20.8 Å². The lowest BCUT2D eigenvalue weighted by Crippen LogP contribution is -2.53. The highest BCUT2D eigenvalue weighted by atomic mass is 16.6. The van der Waals surface area contributed by atoms with Crippen molar-refractivity contribution < 1.29 is 14.3 Å². The molecule has 1 rings (SSSR count). The second-order valence-electron chi connectivity index (χ2n) is 5.46. The maximum atomic E-state index is 12.3. The van der Waals surface area contributed by atoms with Crippen LogP contribution in [0.3, 0.4) is 0 Å². The molecule has 0 unspecified atom stereocenters. The maximum absolute atomic E-state index is 12.3. The fraction of sp³-hybridized carbons (Fsp3) is 0.533. The normalized spacial score (nSPS) is 19.0. The number of amides is 1. The first-order chi connectivity index (χ1) is 8.74. The first kappa shape index (κ1) is 15.1. The molecule has 0 saturated carbocycles. The standard InChI is InChI=1S/C15H19NO3/c1-7-15(8-2)11-18-10-12(3)9-16(15)13(17)19-14(4,5)6/h1-2H,3,9-11H2,4-6H3. The minimum absolute atomic E-state index is 0.0677. The average Bonchev–Trinajstić information content (AvgIpc) is 2.46. The highest BCUT2D eigenvalue weighted by molar-refractivity contribution is 5.72. The predicted octanol–water partition coefficient (Wildman–Crippen LogP) is 1.82. The molecule has 19 heavy (non-hydrogen) atoms. The van der Waals surface area contributed by atoms with Gasteiger partial charge in [-0.2, -0.15) is 0 Å². The quantitative estimate of drug-likeness (QED) is 0.493. The Morgan fingerprint density at radius 2 is 2.05 bits per heavy atom. The van der Waals surface area contributed by atoms with Crippen LogP contribution < -0.4 is 0 Å². The van der Waals surface area contributed by atoms with Gasteiger partial charge in [-0.1, -0.05) is 18.4 Å². The Morgan fingerprint density at radius 3 is 2.53 bits per heavy atom. The van der Waals surface area contributed by atoms with Gasteiger partial charge in [0.2, 0.25) is 0 Å². The Balaban J connectivity index is 3.09. The van der Waals surface area contributed by atoms with E-state index in [4.69, 9.17) is 22.3 Å². The minimum Gasteiger partial charge on any atom is -0.444 e. The Morgan fingerprint density at radius 1 is 1.47 bits per heavy atom. The monoisotopic (exact) mass is 261 g/mol. The number of ether oxygens (including phenoxy) is 2. The van der Waals surface area contributed by atoms with E-state index in [-0.39, 0.29) is 13.2 Å². The third-order valence-corrected chi connectivity index (χ3v) is 2.55. The molecule has 0 aromatic heterocycles. The van der Waals surface area contributed by atoms with E-state index in [9.17, 15) is 4.79 Å². The lowest BCUT2D eigenvalue weighted by molar-refractivity contribution is 0.0101. The zero-order chi connectivity index (χ0) is 14.7. The van der Waals surface area contributed by atoms with Gasteiger partial charge in [-0.05, 0) is 26.3 Å². The third-order valence-electron chi connectivity index (χ3n) is 2.55. The summed E-state index contributed by atoms with van der Waals surface area (Å²) in [6.07, 6.45) is 10.4. The molecule has 1 aliphatic heterocycles. The van der Waals surface area contributed by atoms with Gasteiger partial charge in [0.25, 0.3) is 0 Å². The van der Waals surface area contributed by atoms with Crippen molar-refractivity contribution in [2.24, 2.45) is 0 Å². The van der Waals surface area contributed by atoms with Crippen molar-refractivity contribution in [3.8, 4) is 24.7 Å². The van der Waals surface area contributed by atoms with Crippen LogP contribution in [-0.4, -0.2) is 41.9 Å². The summed E-state index contributed by atoms with van der Waals surface area (Å²) in [7, 11) is 0. The molecule has 1 amide bonds. The van der Waals surface area contributed by atoms with E-state index in [0.29, 0.717) is 6.61 Å². The molecule has 0 aromatic rings. The van der Waals surface area contributed by atoms with Crippen LogP contribution in [0.15, 0.2) is 12.2 Å². The molecule has 1 fully saturated rings. The van der Waals surface area contributed by atoms with Gasteiger partial charge < -0.3 is 9.47 Å². The zero-order valence-corrected chi connectivity index (χ0v) is 11.7. The molecule has 4 nitrogen and oxygen atoms in total. The zero-order valence-electron chi connectivity index (χ0n) is 11.7. The number of rotatable bonds is 0. The molecular formula is C15H19NO3. The fourth-order valence-electron chi connectivity index (χ4n) is 1.64. The summed E-state index contributed by atoms with van der Waals surface area (Å²) in [6.45, 7) is 9.78. The Bertz CT molecular complexity index is 445. The summed E-state index contributed by atoms with van der Waals surface area (Å²) < 4.78 is 10.7. The van der Waals surface area contributed by atoms with E-state index in [0.717, 1.165) is 5.57 Å². The molecule has 0 atom stereocenters. The number of terminal acetylenes is 2. The number of carbonyl (C=O) groups excluding carboxylic acids is 1. The Kier molecular flexibility index (Phi) is 4.29. The van der Waals surface area contributed by atoms with Crippen molar-refractivity contribution in [3.05, 3.63) is 12.2 Å². The van der Waals surface area contributed by atoms with Gasteiger partial charge >= 0.3 is 6.09 Å². The molecule has 1 saturated heterocycles. The molecular weight excluding hydrogens is 242 g/mol. The number of hydrogen-bond acceptors (Lipinski definition) is 3. The maximum Gasteiger partial charge on any atom is 0.412 e. The topological polar surface area (TPSA) is 38.8 Å². The van der Waals surface area contributed by atoms with Crippen molar-refractivity contribution in [2.75, 3.05) is 19.8 Å². The van der Waals surface area contributed by atoms with Crippen LogP contribution in [0.2, 0.25) is 0 Å². The molecule has 0 spiro atoms. The Hall–Kier alpha value is -1.91. The molecule has 0 aromatic carbocycles. The second kappa shape index (κ2) is 5.38. The predicted molar refractivity (Wildman–Crippen MR) is 73.3 cm³/mol. The lowest BCUT2D eigenvalue weighted by atomic mass is 10.0. The SMILES string of the molecule is C#CC1(C#C)COCC(=C)CN1C(=O)OC(C)(C)C. The van der Waals surface area contributed by atoms with Crippen LogP contribution in [0, 0.1) is 24.7 Å². The summed E-state index contributed by atoms with van der Waals surface area (Å²) in [6, 6.07) is 0. The summed E-state index contributed by atoms with van der Waals surface area (Å²) >= 11 is 0. The molecule has 4 heteroatoms. The van der Waals surface area contributed by atoms with E-state index in [1.54, 1.807) is 20.8 Å². The van der Waals surface area contributed by atoms with E-state index in [1.807, 2.05) is 0 Å². The summed E-state index contributed by atoms with van der Waals surface area (Å²) in [5, 5.41) is 0. The van der Waals surface area contributed by atoms with Gasteiger partial charge in [-0.3, -0.25) is 4.90 Å². The molecule has 1 aliphatic rings.